The molecule has 0 spiro atoms. The number of aliphatic imine (C=N–C) groups is 1. The van der Waals surface area contributed by atoms with Gasteiger partial charge in [-0.1, -0.05) is 13.3 Å². The second-order valence-electron chi connectivity index (χ2n) is 6.67. The zero-order chi connectivity index (χ0) is 14.4. The smallest absolute Gasteiger partial charge is 0.191 e. The molecule has 2 rings (SSSR count). The van der Waals surface area contributed by atoms with Crippen LogP contribution in [0.1, 0.15) is 52.4 Å². The molecule has 21 heavy (non-hydrogen) atoms. The first-order valence-electron chi connectivity index (χ1n) is 8.45. The number of hydrogen-bond donors (Lipinski definition) is 1. The van der Waals surface area contributed by atoms with Crippen molar-refractivity contribution in [3.05, 3.63) is 0 Å². The second-order valence-corrected chi connectivity index (χ2v) is 6.67. The fraction of sp³-hybridized carbons (Fsp3) is 0.938. The van der Waals surface area contributed by atoms with Crippen LogP contribution in [-0.4, -0.2) is 54.5 Å². The van der Waals surface area contributed by atoms with Gasteiger partial charge < -0.3 is 15.5 Å². The molecular formula is C16H33IN4. The van der Waals surface area contributed by atoms with Crippen LogP contribution in [-0.2, 0) is 0 Å². The number of nitrogens with zero attached hydrogens (tertiary/aromatic N) is 3. The van der Waals surface area contributed by atoms with Crippen molar-refractivity contribution in [3.8, 4) is 0 Å². The summed E-state index contributed by atoms with van der Waals surface area (Å²) >= 11 is 0. The molecule has 5 heteroatoms. The molecule has 2 fully saturated rings. The van der Waals surface area contributed by atoms with E-state index in [9.17, 15) is 0 Å². The first-order valence-corrected chi connectivity index (χ1v) is 8.45. The van der Waals surface area contributed by atoms with E-state index in [4.69, 9.17) is 5.73 Å². The molecule has 0 aromatic carbocycles. The van der Waals surface area contributed by atoms with E-state index < -0.39 is 0 Å². The number of halogens is 1. The zero-order valence-corrected chi connectivity index (χ0v) is 16.1. The maximum Gasteiger partial charge on any atom is 0.191 e. The van der Waals surface area contributed by atoms with Gasteiger partial charge in [0.2, 0.25) is 0 Å². The number of rotatable bonds is 4. The van der Waals surface area contributed by atoms with E-state index in [2.05, 4.69) is 28.6 Å². The average molecular weight is 408 g/mol. The van der Waals surface area contributed by atoms with Crippen LogP contribution in [0, 0.1) is 5.92 Å². The number of piperidine rings is 2. The lowest BCUT2D eigenvalue weighted by molar-refractivity contribution is 0.168. The number of nitrogens with two attached hydrogens (primary N) is 1. The van der Waals surface area contributed by atoms with Crippen molar-refractivity contribution >= 4 is 29.9 Å². The molecule has 2 heterocycles. The molecule has 2 atom stereocenters. The van der Waals surface area contributed by atoms with E-state index in [1.807, 2.05) is 0 Å². The van der Waals surface area contributed by atoms with Crippen LogP contribution in [0.2, 0.25) is 0 Å². The summed E-state index contributed by atoms with van der Waals surface area (Å²) in [6.45, 7) is 10.2. The van der Waals surface area contributed by atoms with Crippen LogP contribution in [0.5, 0.6) is 0 Å². The van der Waals surface area contributed by atoms with Gasteiger partial charge >= 0.3 is 0 Å². The van der Waals surface area contributed by atoms with Gasteiger partial charge in [-0.3, -0.25) is 4.99 Å². The van der Waals surface area contributed by atoms with Crippen molar-refractivity contribution < 1.29 is 0 Å². The van der Waals surface area contributed by atoms with Crippen LogP contribution in [0.25, 0.3) is 0 Å². The minimum Gasteiger partial charge on any atom is -0.370 e. The lowest BCUT2D eigenvalue weighted by atomic mass is 10.0. The Morgan fingerprint density at radius 3 is 2.57 bits per heavy atom. The molecule has 2 unspecified atom stereocenters. The molecule has 2 saturated heterocycles. The summed E-state index contributed by atoms with van der Waals surface area (Å²) in [6, 6.07) is 0.645. The molecule has 0 radical (unpaired) electrons. The fourth-order valence-corrected chi connectivity index (χ4v) is 3.41. The predicted molar refractivity (Wildman–Crippen MR) is 101 cm³/mol. The van der Waals surface area contributed by atoms with Crippen LogP contribution in [0.15, 0.2) is 4.99 Å². The standard InChI is InChI=1S/C16H32N4.HI/c1-14-7-6-12-20(13-14)16(17)18-9-8-15(2)19-10-4-3-5-11-19;/h14-15H,3-13H2,1-2H3,(H2,17,18);1H. The second kappa shape index (κ2) is 9.87. The van der Waals surface area contributed by atoms with Crippen molar-refractivity contribution in [2.75, 3.05) is 32.7 Å². The molecule has 2 aliphatic heterocycles. The Balaban J connectivity index is 0.00000220. The Morgan fingerprint density at radius 1 is 1.19 bits per heavy atom. The Labute approximate surface area is 147 Å². The number of guanidine groups is 1. The molecule has 2 N–H and O–H groups in total. The number of likely N-dealkylation sites (tertiary alicyclic amines) is 2. The molecular weight excluding hydrogens is 375 g/mol. The lowest BCUT2D eigenvalue weighted by Crippen LogP contribution is -2.43. The third-order valence-electron chi connectivity index (χ3n) is 4.82. The van der Waals surface area contributed by atoms with Crippen molar-refractivity contribution in [1.29, 1.82) is 0 Å². The molecule has 124 valence electrons. The third-order valence-corrected chi connectivity index (χ3v) is 4.82. The highest BCUT2D eigenvalue weighted by atomic mass is 127. The van der Waals surface area contributed by atoms with Crippen molar-refractivity contribution in [2.24, 2.45) is 16.6 Å². The maximum absolute atomic E-state index is 6.14. The van der Waals surface area contributed by atoms with Crippen molar-refractivity contribution in [2.45, 2.75) is 58.4 Å². The van der Waals surface area contributed by atoms with Crippen LogP contribution in [0.4, 0.5) is 0 Å². The highest BCUT2D eigenvalue weighted by Gasteiger charge is 2.18. The van der Waals surface area contributed by atoms with Gasteiger partial charge in [0.05, 0.1) is 0 Å². The van der Waals surface area contributed by atoms with E-state index in [0.717, 1.165) is 37.9 Å². The van der Waals surface area contributed by atoms with Gasteiger partial charge in [0.1, 0.15) is 0 Å². The van der Waals surface area contributed by atoms with Gasteiger partial charge in [0, 0.05) is 25.7 Å². The van der Waals surface area contributed by atoms with Gasteiger partial charge in [-0.15, -0.1) is 24.0 Å². The van der Waals surface area contributed by atoms with Gasteiger partial charge in [-0.25, -0.2) is 0 Å². The van der Waals surface area contributed by atoms with Crippen LogP contribution in [0.3, 0.4) is 0 Å². The molecule has 0 saturated carbocycles. The van der Waals surface area contributed by atoms with Crippen molar-refractivity contribution in [3.63, 3.8) is 0 Å². The summed E-state index contributed by atoms with van der Waals surface area (Å²) in [7, 11) is 0. The van der Waals surface area contributed by atoms with E-state index >= 15 is 0 Å². The summed E-state index contributed by atoms with van der Waals surface area (Å²) in [5.41, 5.74) is 6.14. The van der Waals surface area contributed by atoms with E-state index in [1.165, 1.54) is 45.2 Å². The SMILES string of the molecule is CC1CCCN(C(N)=NCCC(C)N2CCCCC2)C1.I. The molecule has 2 aliphatic rings. The first-order chi connectivity index (χ1) is 9.66. The Kier molecular flexibility index (Phi) is 8.94. The summed E-state index contributed by atoms with van der Waals surface area (Å²) < 4.78 is 0. The molecule has 0 amide bonds. The van der Waals surface area contributed by atoms with Gasteiger partial charge in [-0.2, -0.15) is 0 Å². The summed E-state index contributed by atoms with van der Waals surface area (Å²) in [4.78, 5) is 9.48. The van der Waals surface area contributed by atoms with Crippen LogP contribution >= 0.6 is 24.0 Å². The normalized spacial score (nSPS) is 26.3. The van der Waals surface area contributed by atoms with E-state index in [-0.39, 0.29) is 24.0 Å². The Morgan fingerprint density at radius 2 is 1.90 bits per heavy atom. The average Bonchev–Trinajstić information content (AvgIpc) is 2.48. The first kappa shape index (κ1) is 19.0. The quantitative estimate of drug-likeness (QED) is 0.442. The molecule has 0 aromatic rings. The monoisotopic (exact) mass is 408 g/mol. The highest BCUT2D eigenvalue weighted by molar-refractivity contribution is 14.0. The lowest BCUT2D eigenvalue weighted by Gasteiger charge is -2.33. The summed E-state index contributed by atoms with van der Waals surface area (Å²) in [6.07, 6.45) is 7.84. The Bertz CT molecular complexity index is 315. The van der Waals surface area contributed by atoms with Gasteiger partial charge in [-0.05, 0) is 58.0 Å². The predicted octanol–water partition coefficient (Wildman–Crippen LogP) is 2.92. The number of hydrogen-bond acceptors (Lipinski definition) is 2. The summed E-state index contributed by atoms with van der Waals surface area (Å²) in [5.74, 6) is 1.52. The van der Waals surface area contributed by atoms with Gasteiger partial charge in [0.25, 0.3) is 0 Å². The molecule has 0 bridgehead atoms. The molecule has 4 nitrogen and oxygen atoms in total. The zero-order valence-electron chi connectivity index (χ0n) is 13.8. The minimum absolute atomic E-state index is 0. The molecule has 0 aliphatic carbocycles. The molecule has 0 aromatic heterocycles. The fourth-order valence-electron chi connectivity index (χ4n) is 3.41. The largest absolute Gasteiger partial charge is 0.370 e. The van der Waals surface area contributed by atoms with E-state index in [0.29, 0.717) is 6.04 Å². The minimum atomic E-state index is 0. The summed E-state index contributed by atoms with van der Waals surface area (Å²) in [5, 5.41) is 0. The third kappa shape index (κ3) is 6.30. The highest BCUT2D eigenvalue weighted by Crippen LogP contribution is 2.16. The van der Waals surface area contributed by atoms with Crippen LogP contribution < -0.4 is 5.73 Å². The Hall–Kier alpha value is -0.0400. The van der Waals surface area contributed by atoms with Gasteiger partial charge in [0.15, 0.2) is 5.96 Å². The maximum atomic E-state index is 6.14. The topological polar surface area (TPSA) is 44.9 Å². The van der Waals surface area contributed by atoms with Crippen molar-refractivity contribution in [1.82, 2.24) is 9.80 Å². The van der Waals surface area contributed by atoms with E-state index in [1.54, 1.807) is 0 Å².